The van der Waals surface area contributed by atoms with Gasteiger partial charge in [0.25, 0.3) is 5.91 Å². The Bertz CT molecular complexity index is 990. The lowest BCUT2D eigenvalue weighted by molar-refractivity contribution is -0.385. The molecule has 0 aliphatic carbocycles. The number of hydrazone groups is 1. The molecule has 0 unspecified atom stereocenters. The zero-order valence-electron chi connectivity index (χ0n) is 16.7. The van der Waals surface area contributed by atoms with Crippen LogP contribution >= 0.6 is 0 Å². The number of carbonyl (C=O) groups excluding carboxylic acids is 1. The largest absolute Gasteiger partial charge is 0.450 e. The maximum Gasteiger partial charge on any atom is 0.416 e. The molecule has 1 heterocycles. The number of ether oxygens (including phenoxy) is 2. The third kappa shape index (κ3) is 6.49. The number of alkyl halides is 3. The van der Waals surface area contributed by atoms with Crippen LogP contribution < -0.4 is 10.2 Å². The monoisotopic (exact) mass is 452 g/mol. The lowest BCUT2D eigenvalue weighted by Crippen LogP contribution is -2.42. The second-order valence-electron chi connectivity index (χ2n) is 6.79. The molecule has 1 saturated heterocycles. The second-order valence-corrected chi connectivity index (χ2v) is 6.79. The number of morpholine rings is 1. The van der Waals surface area contributed by atoms with E-state index < -0.39 is 22.4 Å². The van der Waals surface area contributed by atoms with Gasteiger partial charge in [0.2, 0.25) is 5.75 Å². The molecule has 0 atom stereocenters. The van der Waals surface area contributed by atoms with Crippen LogP contribution in [0.25, 0.3) is 0 Å². The number of rotatable bonds is 7. The predicted molar refractivity (Wildman–Crippen MR) is 108 cm³/mol. The van der Waals surface area contributed by atoms with Gasteiger partial charge in [-0.25, -0.2) is 5.43 Å². The minimum absolute atomic E-state index is 0.182. The van der Waals surface area contributed by atoms with Crippen LogP contribution in [0.1, 0.15) is 11.1 Å². The minimum Gasteiger partial charge on any atom is -0.450 e. The van der Waals surface area contributed by atoms with Crippen LogP contribution in [0, 0.1) is 10.1 Å². The standard InChI is InChI=1S/C20H19F3N4O5/c21-20(22,23)15-3-6-18(17(11-15)27(29)30)32-16-4-1-14(2-5-16)12-24-25-19(28)13-26-7-9-31-10-8-26/h1-6,11-12H,7-10,13H2,(H,25,28)/b24-12-. The zero-order chi connectivity index (χ0) is 23.1. The van der Waals surface area contributed by atoms with Crippen LogP contribution in [0.5, 0.6) is 11.5 Å². The Morgan fingerprint density at radius 3 is 2.53 bits per heavy atom. The van der Waals surface area contributed by atoms with Crippen LogP contribution in [0.3, 0.4) is 0 Å². The third-order valence-electron chi connectivity index (χ3n) is 4.46. The molecule has 1 aliphatic heterocycles. The molecular formula is C20H19F3N4O5. The molecule has 9 nitrogen and oxygen atoms in total. The average Bonchev–Trinajstić information content (AvgIpc) is 2.75. The van der Waals surface area contributed by atoms with E-state index in [0.29, 0.717) is 44.0 Å². The minimum atomic E-state index is -4.71. The van der Waals surface area contributed by atoms with Crippen LogP contribution in [0.4, 0.5) is 18.9 Å². The van der Waals surface area contributed by atoms with Crippen LogP contribution in [0.15, 0.2) is 47.6 Å². The number of amides is 1. The number of benzene rings is 2. The average molecular weight is 452 g/mol. The fourth-order valence-corrected chi connectivity index (χ4v) is 2.85. The fourth-order valence-electron chi connectivity index (χ4n) is 2.85. The van der Waals surface area contributed by atoms with Crippen molar-refractivity contribution in [3.63, 3.8) is 0 Å². The van der Waals surface area contributed by atoms with Crippen molar-refractivity contribution in [1.82, 2.24) is 10.3 Å². The van der Waals surface area contributed by atoms with Gasteiger partial charge in [-0.05, 0) is 42.0 Å². The van der Waals surface area contributed by atoms with E-state index in [1.54, 1.807) is 12.1 Å². The molecule has 0 aromatic heterocycles. The van der Waals surface area contributed by atoms with E-state index in [0.717, 1.165) is 6.07 Å². The molecule has 0 spiro atoms. The van der Waals surface area contributed by atoms with Gasteiger partial charge < -0.3 is 9.47 Å². The lowest BCUT2D eigenvalue weighted by Gasteiger charge is -2.25. The molecule has 2 aromatic rings. The molecule has 3 rings (SSSR count). The molecule has 0 radical (unpaired) electrons. The quantitative estimate of drug-likeness (QED) is 0.393. The Hall–Kier alpha value is -3.51. The third-order valence-corrected chi connectivity index (χ3v) is 4.46. The molecule has 0 saturated carbocycles. The molecule has 1 aliphatic rings. The Morgan fingerprint density at radius 2 is 1.91 bits per heavy atom. The smallest absolute Gasteiger partial charge is 0.416 e. The number of nitrogens with one attached hydrogen (secondary N) is 1. The summed E-state index contributed by atoms with van der Waals surface area (Å²) < 4.78 is 49.0. The first-order chi connectivity index (χ1) is 15.2. The van der Waals surface area contributed by atoms with Crippen molar-refractivity contribution in [2.45, 2.75) is 6.18 Å². The summed E-state index contributed by atoms with van der Waals surface area (Å²) >= 11 is 0. The summed E-state index contributed by atoms with van der Waals surface area (Å²) in [5.41, 5.74) is 1.09. The van der Waals surface area contributed by atoms with E-state index in [-0.39, 0.29) is 24.0 Å². The van der Waals surface area contributed by atoms with Gasteiger partial charge >= 0.3 is 11.9 Å². The first-order valence-electron chi connectivity index (χ1n) is 9.48. The van der Waals surface area contributed by atoms with Gasteiger partial charge in [-0.2, -0.15) is 18.3 Å². The summed E-state index contributed by atoms with van der Waals surface area (Å²) in [4.78, 5) is 24.0. The number of hydrogen-bond donors (Lipinski definition) is 1. The Balaban J connectivity index is 1.59. The summed E-state index contributed by atoms with van der Waals surface area (Å²) in [7, 11) is 0. The molecule has 170 valence electrons. The summed E-state index contributed by atoms with van der Waals surface area (Å²) in [5, 5.41) is 15.0. The maximum atomic E-state index is 12.8. The Kier molecular flexibility index (Phi) is 7.38. The number of carbonyl (C=O) groups is 1. The number of nitro benzene ring substituents is 1. The van der Waals surface area contributed by atoms with E-state index in [2.05, 4.69) is 10.5 Å². The van der Waals surface area contributed by atoms with Crippen molar-refractivity contribution in [1.29, 1.82) is 0 Å². The van der Waals surface area contributed by atoms with Crippen LogP contribution in [0.2, 0.25) is 0 Å². The normalized spacial score (nSPS) is 15.0. The SMILES string of the molecule is O=C(CN1CCOCC1)N/N=C\c1ccc(Oc2ccc(C(F)(F)F)cc2[N+](=O)[O-])cc1. The first-order valence-corrected chi connectivity index (χ1v) is 9.48. The van der Waals surface area contributed by atoms with Gasteiger partial charge in [0, 0.05) is 19.2 Å². The van der Waals surface area contributed by atoms with Crippen molar-refractivity contribution in [2.75, 3.05) is 32.8 Å². The zero-order valence-corrected chi connectivity index (χ0v) is 16.7. The highest BCUT2D eigenvalue weighted by Gasteiger charge is 2.33. The van der Waals surface area contributed by atoms with Gasteiger partial charge in [0.05, 0.1) is 36.5 Å². The molecule has 0 bridgehead atoms. The van der Waals surface area contributed by atoms with E-state index >= 15 is 0 Å². The highest BCUT2D eigenvalue weighted by Crippen LogP contribution is 2.37. The molecule has 1 fully saturated rings. The molecular weight excluding hydrogens is 433 g/mol. The number of halogens is 3. The van der Waals surface area contributed by atoms with Gasteiger partial charge in [0.1, 0.15) is 5.75 Å². The first kappa shape index (κ1) is 23.2. The predicted octanol–water partition coefficient (Wildman–Crippen LogP) is 3.19. The van der Waals surface area contributed by atoms with Crippen molar-refractivity contribution in [3.8, 4) is 11.5 Å². The van der Waals surface area contributed by atoms with Crippen LogP contribution in [-0.2, 0) is 15.7 Å². The van der Waals surface area contributed by atoms with E-state index in [1.165, 1.54) is 18.3 Å². The summed E-state index contributed by atoms with van der Waals surface area (Å²) in [6, 6.07) is 8.13. The Labute approximate surface area is 180 Å². The summed E-state index contributed by atoms with van der Waals surface area (Å²) in [5.74, 6) is -0.404. The van der Waals surface area contributed by atoms with E-state index in [4.69, 9.17) is 9.47 Å². The number of nitro groups is 1. The Morgan fingerprint density at radius 1 is 1.22 bits per heavy atom. The number of nitrogens with zero attached hydrogens (tertiary/aromatic N) is 3. The highest BCUT2D eigenvalue weighted by molar-refractivity contribution is 5.83. The van der Waals surface area contributed by atoms with Gasteiger partial charge in [-0.3, -0.25) is 19.8 Å². The van der Waals surface area contributed by atoms with Crippen molar-refractivity contribution < 1.29 is 32.4 Å². The maximum absolute atomic E-state index is 12.8. The second kappa shape index (κ2) is 10.2. The van der Waals surface area contributed by atoms with E-state index in [9.17, 15) is 28.1 Å². The molecule has 12 heteroatoms. The topological polar surface area (TPSA) is 106 Å². The highest BCUT2D eigenvalue weighted by atomic mass is 19.4. The molecule has 32 heavy (non-hydrogen) atoms. The van der Waals surface area contributed by atoms with Crippen LogP contribution in [-0.4, -0.2) is 54.8 Å². The van der Waals surface area contributed by atoms with Gasteiger partial charge in [-0.15, -0.1) is 0 Å². The van der Waals surface area contributed by atoms with Crippen molar-refractivity contribution in [2.24, 2.45) is 5.10 Å². The van der Waals surface area contributed by atoms with Crippen molar-refractivity contribution >= 4 is 17.8 Å². The van der Waals surface area contributed by atoms with Crippen molar-refractivity contribution in [3.05, 3.63) is 63.7 Å². The molecule has 2 aromatic carbocycles. The molecule has 1 amide bonds. The van der Waals surface area contributed by atoms with E-state index in [1.807, 2.05) is 4.90 Å². The summed E-state index contributed by atoms with van der Waals surface area (Å²) in [6.07, 6.45) is -3.30. The van der Waals surface area contributed by atoms with Gasteiger partial charge in [0.15, 0.2) is 0 Å². The number of hydrogen-bond acceptors (Lipinski definition) is 7. The fraction of sp³-hybridized carbons (Fsp3) is 0.300. The van der Waals surface area contributed by atoms with Gasteiger partial charge in [-0.1, -0.05) is 0 Å². The lowest BCUT2D eigenvalue weighted by atomic mass is 10.2. The molecule has 1 N–H and O–H groups in total. The summed E-state index contributed by atoms with van der Waals surface area (Å²) in [6.45, 7) is 2.73.